The molecule has 0 saturated heterocycles. The Balaban J connectivity index is 2.51. The van der Waals surface area contributed by atoms with E-state index in [1.165, 1.54) is 13.0 Å². The minimum atomic E-state index is -4.84. The standard InChI is InChI=1S/C12H9Cl2F4NO/c1-4-2-5(3-6(9(4)15)12(16,17)18)7-8(10(19)20)11(7,13)14/h2-3,7-8H,1H3,(H2,19,20). The number of primary amides is 1. The van der Waals surface area contributed by atoms with Gasteiger partial charge in [0.25, 0.3) is 0 Å². The number of alkyl halides is 5. The van der Waals surface area contributed by atoms with Crippen molar-refractivity contribution in [1.82, 2.24) is 0 Å². The van der Waals surface area contributed by atoms with Gasteiger partial charge in [-0.2, -0.15) is 13.2 Å². The van der Waals surface area contributed by atoms with Crippen molar-refractivity contribution in [3.63, 3.8) is 0 Å². The van der Waals surface area contributed by atoms with Crippen LogP contribution in [0.2, 0.25) is 0 Å². The van der Waals surface area contributed by atoms with Crippen LogP contribution in [0.3, 0.4) is 0 Å². The molecule has 2 nitrogen and oxygen atoms in total. The van der Waals surface area contributed by atoms with Crippen LogP contribution in [0.25, 0.3) is 0 Å². The lowest BCUT2D eigenvalue weighted by molar-refractivity contribution is -0.140. The van der Waals surface area contributed by atoms with Gasteiger partial charge in [0.2, 0.25) is 5.91 Å². The average Bonchev–Trinajstić information content (AvgIpc) is 2.84. The van der Waals surface area contributed by atoms with Gasteiger partial charge in [-0.05, 0) is 24.1 Å². The SMILES string of the molecule is Cc1cc(C2C(C(N)=O)C2(Cl)Cl)cc(C(F)(F)F)c1F. The summed E-state index contributed by atoms with van der Waals surface area (Å²) in [7, 11) is 0. The predicted molar refractivity (Wildman–Crippen MR) is 66.0 cm³/mol. The summed E-state index contributed by atoms with van der Waals surface area (Å²) >= 11 is 11.7. The number of hydrogen-bond acceptors (Lipinski definition) is 1. The second kappa shape index (κ2) is 4.49. The molecule has 2 unspecified atom stereocenters. The molecule has 1 aliphatic rings. The number of halogens is 6. The van der Waals surface area contributed by atoms with E-state index in [4.69, 9.17) is 28.9 Å². The molecule has 0 heterocycles. The number of rotatable bonds is 2. The summed E-state index contributed by atoms with van der Waals surface area (Å²) in [5, 5.41) is 0. The second-order valence-corrected chi connectivity index (χ2v) is 6.17. The van der Waals surface area contributed by atoms with Crippen LogP contribution in [0, 0.1) is 18.7 Å². The van der Waals surface area contributed by atoms with Gasteiger partial charge in [-0.3, -0.25) is 4.79 Å². The van der Waals surface area contributed by atoms with Crippen LogP contribution in [0.4, 0.5) is 17.6 Å². The van der Waals surface area contributed by atoms with E-state index in [1.807, 2.05) is 0 Å². The predicted octanol–water partition coefficient (Wildman–Crippen LogP) is 3.53. The lowest BCUT2D eigenvalue weighted by Gasteiger charge is -2.12. The zero-order valence-corrected chi connectivity index (χ0v) is 11.6. The molecule has 1 aliphatic carbocycles. The second-order valence-electron chi connectivity index (χ2n) is 4.73. The smallest absolute Gasteiger partial charge is 0.369 e. The number of amides is 1. The molecule has 1 aromatic carbocycles. The Bertz CT molecular complexity index is 586. The normalized spacial score (nSPS) is 24.6. The number of hydrogen-bond donors (Lipinski definition) is 1. The molecule has 1 fully saturated rings. The zero-order chi connectivity index (χ0) is 15.5. The lowest BCUT2D eigenvalue weighted by Crippen LogP contribution is -2.16. The molecular formula is C12H9Cl2F4NO. The van der Waals surface area contributed by atoms with Gasteiger partial charge in [0.1, 0.15) is 10.2 Å². The van der Waals surface area contributed by atoms with Gasteiger partial charge >= 0.3 is 6.18 Å². The summed E-state index contributed by atoms with van der Waals surface area (Å²) in [6.07, 6.45) is -4.84. The fourth-order valence-electron chi connectivity index (χ4n) is 2.28. The minimum Gasteiger partial charge on any atom is -0.369 e. The lowest BCUT2D eigenvalue weighted by atomic mass is 10.0. The Hall–Kier alpha value is -1.01. The third-order valence-corrected chi connectivity index (χ3v) is 4.24. The Morgan fingerprint density at radius 3 is 2.30 bits per heavy atom. The van der Waals surface area contributed by atoms with Gasteiger partial charge < -0.3 is 5.73 Å². The molecular weight excluding hydrogens is 321 g/mol. The largest absolute Gasteiger partial charge is 0.419 e. The number of nitrogens with two attached hydrogens (primary N) is 1. The van der Waals surface area contributed by atoms with Gasteiger partial charge in [-0.25, -0.2) is 4.39 Å². The highest BCUT2D eigenvalue weighted by Gasteiger charge is 2.67. The molecule has 20 heavy (non-hydrogen) atoms. The van der Waals surface area contributed by atoms with Gasteiger partial charge in [0, 0.05) is 5.92 Å². The molecule has 1 amide bonds. The summed E-state index contributed by atoms with van der Waals surface area (Å²) in [5.74, 6) is -4.02. The van der Waals surface area contributed by atoms with Crippen molar-refractivity contribution < 1.29 is 22.4 Å². The number of aryl methyl sites for hydroxylation is 1. The Kier molecular flexibility index (Phi) is 3.46. The molecule has 2 rings (SSSR count). The molecule has 0 radical (unpaired) electrons. The maximum atomic E-state index is 13.5. The molecule has 0 spiro atoms. The monoisotopic (exact) mass is 329 g/mol. The van der Waals surface area contributed by atoms with Crippen molar-refractivity contribution in [2.75, 3.05) is 0 Å². The summed E-state index contributed by atoms with van der Waals surface area (Å²) in [6.45, 7) is 1.19. The van der Waals surface area contributed by atoms with E-state index in [0.717, 1.165) is 0 Å². The molecule has 0 aliphatic heterocycles. The third-order valence-electron chi connectivity index (χ3n) is 3.30. The first kappa shape index (κ1) is 15.4. The van der Waals surface area contributed by atoms with Crippen LogP contribution in [-0.4, -0.2) is 10.2 Å². The van der Waals surface area contributed by atoms with Crippen LogP contribution in [0.15, 0.2) is 12.1 Å². The van der Waals surface area contributed by atoms with Gasteiger partial charge in [0.15, 0.2) is 0 Å². The maximum Gasteiger partial charge on any atom is 0.419 e. The van der Waals surface area contributed by atoms with Gasteiger partial charge in [-0.1, -0.05) is 6.07 Å². The van der Waals surface area contributed by atoms with E-state index in [9.17, 15) is 22.4 Å². The topological polar surface area (TPSA) is 43.1 Å². The third kappa shape index (κ3) is 2.35. The summed E-state index contributed by atoms with van der Waals surface area (Å²) in [4.78, 5) is 11.2. The first-order valence-corrected chi connectivity index (χ1v) is 6.28. The number of benzene rings is 1. The highest BCUT2D eigenvalue weighted by molar-refractivity contribution is 6.53. The molecule has 110 valence electrons. The van der Waals surface area contributed by atoms with Crippen LogP contribution in [-0.2, 0) is 11.0 Å². The highest BCUT2D eigenvalue weighted by Crippen LogP contribution is 2.65. The van der Waals surface area contributed by atoms with E-state index < -0.39 is 39.6 Å². The maximum absolute atomic E-state index is 13.5. The first-order valence-electron chi connectivity index (χ1n) is 5.52. The van der Waals surface area contributed by atoms with Crippen molar-refractivity contribution in [2.45, 2.75) is 23.4 Å². The molecule has 0 aromatic heterocycles. The molecule has 2 atom stereocenters. The Morgan fingerprint density at radius 2 is 1.90 bits per heavy atom. The summed E-state index contributed by atoms with van der Waals surface area (Å²) in [5.41, 5.74) is 3.52. The Morgan fingerprint density at radius 1 is 1.35 bits per heavy atom. The molecule has 1 aromatic rings. The van der Waals surface area contributed by atoms with Crippen LogP contribution < -0.4 is 5.73 Å². The van der Waals surface area contributed by atoms with E-state index >= 15 is 0 Å². The molecule has 2 N–H and O–H groups in total. The minimum absolute atomic E-state index is 0.0463. The van der Waals surface area contributed by atoms with Crippen molar-refractivity contribution >= 4 is 29.1 Å². The van der Waals surface area contributed by atoms with Gasteiger partial charge in [0.05, 0.1) is 11.5 Å². The van der Waals surface area contributed by atoms with E-state index in [-0.39, 0.29) is 11.1 Å². The van der Waals surface area contributed by atoms with E-state index in [1.54, 1.807) is 0 Å². The molecule has 8 heteroatoms. The molecule has 0 bridgehead atoms. The fraction of sp³-hybridized carbons (Fsp3) is 0.417. The highest BCUT2D eigenvalue weighted by atomic mass is 35.5. The van der Waals surface area contributed by atoms with Crippen molar-refractivity contribution in [1.29, 1.82) is 0 Å². The van der Waals surface area contributed by atoms with Crippen LogP contribution in [0.1, 0.15) is 22.6 Å². The zero-order valence-electron chi connectivity index (χ0n) is 10.1. The van der Waals surface area contributed by atoms with Gasteiger partial charge in [-0.15, -0.1) is 23.2 Å². The summed E-state index contributed by atoms with van der Waals surface area (Å²) < 4.78 is 50.2. The first-order chi connectivity index (χ1) is 8.98. The fourth-order valence-corrected chi connectivity index (χ4v) is 3.12. The van der Waals surface area contributed by atoms with E-state index in [2.05, 4.69) is 0 Å². The number of carbonyl (C=O) groups excluding carboxylic acids is 1. The van der Waals surface area contributed by atoms with Crippen molar-refractivity contribution in [2.24, 2.45) is 11.7 Å². The molecule has 1 saturated carbocycles. The summed E-state index contributed by atoms with van der Waals surface area (Å²) in [6, 6.07) is 1.81. The van der Waals surface area contributed by atoms with E-state index in [0.29, 0.717) is 6.07 Å². The number of carbonyl (C=O) groups is 1. The quantitative estimate of drug-likeness (QED) is 0.654. The Labute approximate surface area is 121 Å². The van der Waals surface area contributed by atoms with Crippen molar-refractivity contribution in [3.05, 3.63) is 34.6 Å². The van der Waals surface area contributed by atoms with Crippen molar-refractivity contribution in [3.8, 4) is 0 Å². The van der Waals surface area contributed by atoms with Crippen LogP contribution >= 0.6 is 23.2 Å². The van der Waals surface area contributed by atoms with Crippen LogP contribution in [0.5, 0.6) is 0 Å². The average molecular weight is 330 g/mol.